The second-order valence-electron chi connectivity index (χ2n) is 1.59. The Morgan fingerprint density at radius 3 is 1.89 bits per heavy atom. The molecule has 0 bridgehead atoms. The Hall–Kier alpha value is -0.590. The first-order chi connectivity index (χ1) is 4.24. The third-order valence-corrected chi connectivity index (χ3v) is 1.26. The minimum Gasteiger partial charge on any atom is -0.287 e. The van der Waals surface area contributed by atoms with Crippen molar-refractivity contribution in [3.8, 4) is 0 Å². The lowest BCUT2D eigenvalue weighted by Gasteiger charge is -2.14. The van der Waals surface area contributed by atoms with Gasteiger partial charge >= 0.3 is 5.91 Å². The molecule has 52 valence electrons. The van der Waals surface area contributed by atoms with Gasteiger partial charge in [0.2, 0.25) is 0 Å². The molecule has 3 heteroatoms. The molecule has 0 saturated heterocycles. The Labute approximate surface area is 55.4 Å². The van der Waals surface area contributed by atoms with E-state index in [-0.39, 0.29) is 0 Å². The van der Waals surface area contributed by atoms with Gasteiger partial charge in [-0.25, -0.2) is 6.57 Å². The van der Waals surface area contributed by atoms with E-state index in [1.165, 1.54) is 14.2 Å². The average Bonchev–Trinajstić information content (AvgIpc) is 1.95. The molecule has 0 aliphatic carbocycles. The number of methoxy groups -OCH3 is 2. The zero-order chi connectivity index (χ0) is 7.33. The van der Waals surface area contributed by atoms with Gasteiger partial charge in [-0.15, -0.1) is 0 Å². The monoisotopic (exact) mass is 129 g/mol. The molecule has 0 N–H and O–H groups in total. The molecule has 3 nitrogen and oxygen atoms in total. The van der Waals surface area contributed by atoms with E-state index in [9.17, 15) is 0 Å². The molecule has 0 radical (unpaired) electrons. The second-order valence-corrected chi connectivity index (χ2v) is 1.59. The smallest absolute Gasteiger partial charge is 0.287 e. The van der Waals surface area contributed by atoms with Gasteiger partial charge in [0.15, 0.2) is 0 Å². The van der Waals surface area contributed by atoms with Crippen molar-refractivity contribution >= 4 is 0 Å². The third-order valence-electron chi connectivity index (χ3n) is 1.26. The van der Waals surface area contributed by atoms with Crippen molar-refractivity contribution in [3.63, 3.8) is 0 Å². The van der Waals surface area contributed by atoms with Crippen LogP contribution in [0.25, 0.3) is 4.85 Å². The zero-order valence-electron chi connectivity index (χ0n) is 5.97. The first-order valence-corrected chi connectivity index (χ1v) is 2.73. The molecule has 0 unspecified atom stereocenters. The number of nitrogens with zero attached hydrogens (tertiary/aromatic N) is 1. The van der Waals surface area contributed by atoms with E-state index in [0.29, 0.717) is 6.42 Å². The molecule has 0 rings (SSSR count). The highest BCUT2D eigenvalue weighted by Gasteiger charge is 2.33. The number of hydrogen-bond acceptors (Lipinski definition) is 2. The van der Waals surface area contributed by atoms with E-state index >= 15 is 0 Å². The summed E-state index contributed by atoms with van der Waals surface area (Å²) in [7, 11) is 2.93. The highest BCUT2D eigenvalue weighted by atomic mass is 16.7. The topological polar surface area (TPSA) is 22.8 Å². The standard InChI is InChI=1S/C6H11NO2/c1-5-6(7-2,8-3)9-4/h5H2,1,3-4H3. The second kappa shape index (κ2) is 3.44. The van der Waals surface area contributed by atoms with E-state index in [1.807, 2.05) is 6.92 Å². The fourth-order valence-electron chi connectivity index (χ4n) is 0.542. The minimum absolute atomic E-state index is 0.545. The van der Waals surface area contributed by atoms with Crippen LogP contribution in [0.2, 0.25) is 0 Å². The van der Waals surface area contributed by atoms with Crippen LogP contribution in [-0.4, -0.2) is 20.1 Å². The first-order valence-electron chi connectivity index (χ1n) is 2.73. The van der Waals surface area contributed by atoms with Gasteiger partial charge < -0.3 is 0 Å². The molecule has 0 aromatic rings. The maximum atomic E-state index is 6.68. The first kappa shape index (κ1) is 8.41. The molecule has 0 spiro atoms. The Balaban J connectivity index is 4.04. The van der Waals surface area contributed by atoms with Crippen molar-refractivity contribution < 1.29 is 9.47 Å². The maximum absolute atomic E-state index is 6.68. The van der Waals surface area contributed by atoms with Gasteiger partial charge in [-0.3, -0.25) is 14.3 Å². The Kier molecular flexibility index (Phi) is 3.21. The van der Waals surface area contributed by atoms with E-state index in [2.05, 4.69) is 4.85 Å². The van der Waals surface area contributed by atoms with Crippen LogP contribution in [0.5, 0.6) is 0 Å². The number of ether oxygens (including phenoxy) is 2. The normalized spacial score (nSPS) is 10.9. The Morgan fingerprint density at radius 1 is 1.44 bits per heavy atom. The quantitative estimate of drug-likeness (QED) is 0.423. The largest absolute Gasteiger partial charge is 0.455 e. The van der Waals surface area contributed by atoms with E-state index in [4.69, 9.17) is 16.0 Å². The van der Waals surface area contributed by atoms with Gasteiger partial charge in [-0.05, 0) is 0 Å². The summed E-state index contributed by atoms with van der Waals surface area (Å²) < 4.78 is 9.62. The summed E-state index contributed by atoms with van der Waals surface area (Å²) in [5.74, 6) is -1.04. The minimum atomic E-state index is -1.04. The van der Waals surface area contributed by atoms with Crippen LogP contribution in [0.4, 0.5) is 0 Å². The molecule has 0 aliphatic heterocycles. The summed E-state index contributed by atoms with van der Waals surface area (Å²) in [5, 5.41) is 0. The van der Waals surface area contributed by atoms with Crippen LogP contribution in [0.3, 0.4) is 0 Å². The van der Waals surface area contributed by atoms with Crippen molar-refractivity contribution in [2.75, 3.05) is 14.2 Å². The van der Waals surface area contributed by atoms with Crippen LogP contribution < -0.4 is 0 Å². The van der Waals surface area contributed by atoms with E-state index in [0.717, 1.165) is 0 Å². The summed E-state index contributed by atoms with van der Waals surface area (Å²) in [6, 6.07) is 0. The lowest BCUT2D eigenvalue weighted by atomic mass is 10.4. The highest BCUT2D eigenvalue weighted by Crippen LogP contribution is 2.16. The van der Waals surface area contributed by atoms with Gasteiger partial charge in [-0.1, -0.05) is 6.92 Å². The van der Waals surface area contributed by atoms with Crippen LogP contribution in [0, 0.1) is 6.57 Å². The van der Waals surface area contributed by atoms with Crippen molar-refractivity contribution in [2.24, 2.45) is 0 Å². The van der Waals surface area contributed by atoms with Gasteiger partial charge in [0, 0.05) is 14.2 Å². The Bertz CT molecular complexity index is 104. The molecule has 0 saturated carbocycles. The molecule has 0 fully saturated rings. The lowest BCUT2D eigenvalue weighted by Crippen LogP contribution is -2.27. The fourth-order valence-corrected chi connectivity index (χ4v) is 0.542. The SMILES string of the molecule is [C-]#[N+]C(CC)(OC)OC. The summed E-state index contributed by atoms with van der Waals surface area (Å²) in [5.41, 5.74) is 0. The van der Waals surface area contributed by atoms with Crippen LogP contribution in [0.15, 0.2) is 0 Å². The van der Waals surface area contributed by atoms with Crippen molar-refractivity contribution in [3.05, 3.63) is 11.4 Å². The zero-order valence-corrected chi connectivity index (χ0v) is 5.97. The fraction of sp³-hybridized carbons (Fsp3) is 0.833. The van der Waals surface area contributed by atoms with Crippen LogP contribution in [-0.2, 0) is 9.47 Å². The van der Waals surface area contributed by atoms with Gasteiger partial charge in [0.05, 0.1) is 6.42 Å². The van der Waals surface area contributed by atoms with Gasteiger partial charge in [0.25, 0.3) is 0 Å². The summed E-state index contributed by atoms with van der Waals surface area (Å²) in [4.78, 5) is 3.18. The summed E-state index contributed by atoms with van der Waals surface area (Å²) >= 11 is 0. The molecule has 0 aromatic heterocycles. The Morgan fingerprint density at radius 2 is 1.89 bits per heavy atom. The van der Waals surface area contributed by atoms with Crippen LogP contribution >= 0.6 is 0 Å². The molecule has 0 aliphatic rings. The average molecular weight is 129 g/mol. The molecule has 0 amide bonds. The highest BCUT2D eigenvalue weighted by molar-refractivity contribution is 4.76. The molecular formula is C6H11NO2. The van der Waals surface area contributed by atoms with Crippen molar-refractivity contribution in [1.82, 2.24) is 0 Å². The van der Waals surface area contributed by atoms with Crippen LogP contribution in [0.1, 0.15) is 13.3 Å². The van der Waals surface area contributed by atoms with Gasteiger partial charge in [-0.2, -0.15) is 0 Å². The number of hydrogen-bond donors (Lipinski definition) is 0. The number of rotatable bonds is 3. The molecule has 9 heavy (non-hydrogen) atoms. The van der Waals surface area contributed by atoms with Gasteiger partial charge in [0.1, 0.15) is 0 Å². The van der Waals surface area contributed by atoms with E-state index < -0.39 is 5.91 Å². The lowest BCUT2D eigenvalue weighted by molar-refractivity contribution is -0.173. The van der Waals surface area contributed by atoms with Crippen molar-refractivity contribution in [2.45, 2.75) is 19.3 Å². The van der Waals surface area contributed by atoms with Crippen molar-refractivity contribution in [1.29, 1.82) is 0 Å². The molecule has 0 heterocycles. The molecule has 0 aromatic carbocycles. The summed E-state index contributed by atoms with van der Waals surface area (Å²) in [6.45, 7) is 8.52. The third kappa shape index (κ3) is 1.67. The molecule has 0 atom stereocenters. The predicted molar refractivity (Wildman–Crippen MR) is 33.6 cm³/mol. The predicted octanol–water partition coefficient (Wildman–Crippen LogP) is 1.26. The molecular weight excluding hydrogens is 118 g/mol. The van der Waals surface area contributed by atoms with E-state index in [1.54, 1.807) is 0 Å². The summed E-state index contributed by atoms with van der Waals surface area (Å²) in [6.07, 6.45) is 0.545. The maximum Gasteiger partial charge on any atom is 0.455 e.